The van der Waals surface area contributed by atoms with E-state index in [9.17, 15) is 14.4 Å². The number of methoxy groups -OCH3 is 3. The van der Waals surface area contributed by atoms with Gasteiger partial charge in [-0.2, -0.15) is 4.37 Å². The summed E-state index contributed by atoms with van der Waals surface area (Å²) >= 11 is 0.745. The van der Waals surface area contributed by atoms with Gasteiger partial charge in [0.05, 0.1) is 27.0 Å². The van der Waals surface area contributed by atoms with Crippen LogP contribution in [0.4, 0.5) is 11.4 Å². The second-order valence-electron chi connectivity index (χ2n) is 9.38. The van der Waals surface area contributed by atoms with Crippen molar-refractivity contribution < 1.29 is 28.6 Å². The van der Waals surface area contributed by atoms with Gasteiger partial charge in [-0.05, 0) is 54.2 Å². The second kappa shape index (κ2) is 12.7. The molecule has 1 atom stereocenters. The van der Waals surface area contributed by atoms with E-state index < -0.39 is 17.9 Å². The first-order valence-electron chi connectivity index (χ1n) is 12.8. The van der Waals surface area contributed by atoms with Crippen molar-refractivity contribution in [3.05, 3.63) is 58.6 Å². The number of anilines is 2. The average molecular weight is 568 g/mol. The van der Waals surface area contributed by atoms with Crippen molar-refractivity contribution in [2.75, 3.05) is 32.0 Å². The van der Waals surface area contributed by atoms with Gasteiger partial charge in [0.25, 0.3) is 11.8 Å². The van der Waals surface area contributed by atoms with Crippen LogP contribution in [0, 0.1) is 0 Å². The molecule has 0 aliphatic heterocycles. The third-order valence-corrected chi connectivity index (χ3v) is 7.74. The van der Waals surface area contributed by atoms with Gasteiger partial charge in [-0.15, -0.1) is 0 Å². The van der Waals surface area contributed by atoms with Gasteiger partial charge in [0.2, 0.25) is 5.91 Å². The molecular weight excluding hydrogens is 534 g/mol. The minimum atomic E-state index is -1.15. The minimum Gasteiger partial charge on any atom is -0.497 e. The van der Waals surface area contributed by atoms with E-state index in [0.717, 1.165) is 43.6 Å². The van der Waals surface area contributed by atoms with Crippen LogP contribution in [-0.2, 0) is 4.79 Å². The molecule has 1 heterocycles. The van der Waals surface area contributed by atoms with E-state index in [1.165, 1.54) is 26.2 Å². The Kier molecular flexibility index (Phi) is 9.10. The summed E-state index contributed by atoms with van der Waals surface area (Å²) in [5, 5.41) is 3.15. The van der Waals surface area contributed by atoms with Crippen molar-refractivity contribution in [1.29, 1.82) is 0 Å². The number of rotatable bonds is 10. The maximum Gasteiger partial charge on any atom is 0.273 e. The summed E-state index contributed by atoms with van der Waals surface area (Å²) < 4.78 is 20.3. The summed E-state index contributed by atoms with van der Waals surface area (Å²) in [5.41, 5.74) is 12.1. The van der Waals surface area contributed by atoms with E-state index in [1.807, 2.05) is 0 Å². The molecule has 1 aromatic heterocycles. The van der Waals surface area contributed by atoms with E-state index >= 15 is 0 Å². The van der Waals surface area contributed by atoms with Crippen LogP contribution in [0.15, 0.2) is 42.5 Å². The fourth-order valence-electron chi connectivity index (χ4n) is 4.85. The van der Waals surface area contributed by atoms with E-state index in [4.69, 9.17) is 25.7 Å². The van der Waals surface area contributed by atoms with Gasteiger partial charge < -0.3 is 31.0 Å². The molecule has 3 aromatic rings. The molecule has 40 heavy (non-hydrogen) atoms. The maximum atomic E-state index is 14.3. The summed E-state index contributed by atoms with van der Waals surface area (Å²) in [7, 11) is 4.51. The van der Waals surface area contributed by atoms with Crippen molar-refractivity contribution in [1.82, 2.24) is 9.69 Å². The van der Waals surface area contributed by atoms with Crippen LogP contribution < -0.4 is 35.9 Å². The molecule has 212 valence electrons. The zero-order valence-corrected chi connectivity index (χ0v) is 23.5. The molecule has 0 radical (unpaired) electrons. The number of nitrogens with one attached hydrogen (secondary N) is 1. The third-order valence-electron chi connectivity index (χ3n) is 6.89. The van der Waals surface area contributed by atoms with Crippen molar-refractivity contribution >= 4 is 40.6 Å². The molecule has 4 rings (SSSR count). The van der Waals surface area contributed by atoms with Crippen molar-refractivity contribution in [3.8, 4) is 17.2 Å². The Bertz CT molecular complexity index is 1390. The van der Waals surface area contributed by atoms with E-state index in [0.29, 0.717) is 28.5 Å². The number of primary amides is 1. The number of nitrogens with zero attached hydrogens (tertiary/aromatic N) is 2. The molecule has 0 unspecified atom stereocenters. The summed E-state index contributed by atoms with van der Waals surface area (Å²) in [5.74, 6) is -0.532. The summed E-state index contributed by atoms with van der Waals surface area (Å²) in [6.45, 7) is 0. The number of nitrogen functional groups attached to an aromatic ring is 1. The van der Waals surface area contributed by atoms with Crippen LogP contribution in [0.2, 0.25) is 0 Å². The van der Waals surface area contributed by atoms with E-state index in [2.05, 4.69) is 9.69 Å². The van der Waals surface area contributed by atoms with E-state index in [1.54, 1.807) is 42.5 Å². The molecule has 1 fully saturated rings. The zero-order valence-electron chi connectivity index (χ0n) is 22.6. The highest BCUT2D eigenvalue weighted by molar-refractivity contribution is 7.09. The molecule has 0 saturated heterocycles. The largest absolute Gasteiger partial charge is 0.497 e. The number of aromatic nitrogens is 1. The molecule has 1 aliphatic rings. The molecule has 0 bridgehead atoms. The lowest BCUT2D eigenvalue weighted by Gasteiger charge is -2.33. The average Bonchev–Trinajstić information content (AvgIpc) is 3.37. The molecule has 5 N–H and O–H groups in total. The predicted octanol–water partition coefficient (Wildman–Crippen LogP) is 3.69. The molecule has 12 heteroatoms. The van der Waals surface area contributed by atoms with Gasteiger partial charge in [0.15, 0.2) is 17.2 Å². The SMILES string of the molecule is COc1cccc(N(C(=O)c2snc(C(N)=O)c2N)[C@@H](C(=O)NC2CCCCC2)c2ccc(OC)c(OC)c2)c1. The summed E-state index contributed by atoms with van der Waals surface area (Å²) in [6.07, 6.45) is 4.84. The van der Waals surface area contributed by atoms with Crippen molar-refractivity contribution in [3.63, 3.8) is 0 Å². The predicted molar refractivity (Wildman–Crippen MR) is 152 cm³/mol. The van der Waals surface area contributed by atoms with Crippen LogP contribution in [0.1, 0.15) is 63.9 Å². The molecule has 1 aliphatic carbocycles. The molecule has 2 aromatic carbocycles. The number of benzene rings is 2. The number of ether oxygens (including phenoxy) is 3. The summed E-state index contributed by atoms with van der Waals surface area (Å²) in [4.78, 5) is 41.6. The first kappa shape index (κ1) is 28.7. The highest BCUT2D eigenvalue weighted by Gasteiger charge is 2.37. The Morgan fingerprint density at radius 1 is 1.00 bits per heavy atom. The quantitative estimate of drug-likeness (QED) is 0.335. The Balaban J connectivity index is 1.90. The fourth-order valence-corrected chi connectivity index (χ4v) is 5.59. The van der Waals surface area contributed by atoms with Crippen molar-refractivity contribution in [2.45, 2.75) is 44.2 Å². The van der Waals surface area contributed by atoms with Crippen LogP contribution in [0.3, 0.4) is 0 Å². The third kappa shape index (κ3) is 5.96. The Labute approximate surface area is 236 Å². The standard InChI is InChI=1S/C28H33N5O6S/c1-37-19-11-7-10-18(15-19)33(28(36)25-22(29)23(26(30)34)32-40-25)24(27(35)31-17-8-5-4-6-9-17)16-12-13-20(38-2)21(14-16)39-3/h7,10-15,17,24H,4-6,8-9,29H2,1-3H3,(H2,30,34)(H,31,35)/t24-/m1/s1. The summed E-state index contributed by atoms with van der Waals surface area (Å²) in [6, 6.07) is 10.6. The number of nitrogens with two attached hydrogens (primary N) is 2. The number of amides is 3. The monoisotopic (exact) mass is 567 g/mol. The van der Waals surface area contributed by atoms with Gasteiger partial charge in [0.1, 0.15) is 16.7 Å². The molecule has 1 saturated carbocycles. The van der Waals surface area contributed by atoms with E-state index in [-0.39, 0.29) is 28.2 Å². The Hall–Kier alpha value is -4.32. The molecule has 0 spiro atoms. The normalized spacial score (nSPS) is 14.2. The minimum absolute atomic E-state index is 0.0208. The van der Waals surface area contributed by atoms with Crippen LogP contribution in [-0.4, -0.2) is 49.5 Å². The lowest BCUT2D eigenvalue weighted by atomic mass is 9.94. The van der Waals surface area contributed by atoms with Gasteiger partial charge in [0, 0.05) is 17.8 Å². The van der Waals surface area contributed by atoms with Gasteiger partial charge in [-0.25, -0.2) is 0 Å². The van der Waals surface area contributed by atoms with Gasteiger partial charge in [-0.1, -0.05) is 31.4 Å². The topological polar surface area (TPSA) is 159 Å². The lowest BCUT2D eigenvalue weighted by molar-refractivity contribution is -0.123. The molecule has 3 amide bonds. The first-order chi connectivity index (χ1) is 19.3. The zero-order chi connectivity index (χ0) is 28.8. The molecular formula is C28H33N5O6S. The number of carbonyl (C=O) groups excluding carboxylic acids is 3. The fraction of sp³-hybridized carbons (Fsp3) is 0.357. The smallest absolute Gasteiger partial charge is 0.273 e. The number of carbonyl (C=O) groups is 3. The highest BCUT2D eigenvalue weighted by atomic mass is 32.1. The van der Waals surface area contributed by atoms with Crippen molar-refractivity contribution in [2.24, 2.45) is 5.73 Å². The maximum absolute atomic E-state index is 14.3. The molecule has 11 nitrogen and oxygen atoms in total. The van der Waals surface area contributed by atoms with Crippen LogP contribution >= 0.6 is 11.5 Å². The highest BCUT2D eigenvalue weighted by Crippen LogP contribution is 2.38. The first-order valence-corrected chi connectivity index (χ1v) is 13.6. The number of hydrogen-bond donors (Lipinski definition) is 3. The van der Waals surface area contributed by atoms with Crippen LogP contribution in [0.5, 0.6) is 17.2 Å². The van der Waals surface area contributed by atoms with Crippen LogP contribution in [0.25, 0.3) is 0 Å². The second-order valence-corrected chi connectivity index (χ2v) is 10.1. The lowest BCUT2D eigenvalue weighted by Crippen LogP contribution is -2.47. The Morgan fingerprint density at radius 3 is 2.35 bits per heavy atom. The number of hydrogen-bond acceptors (Lipinski definition) is 9. The van der Waals surface area contributed by atoms with Gasteiger partial charge in [-0.3, -0.25) is 19.3 Å². The van der Waals surface area contributed by atoms with Gasteiger partial charge >= 0.3 is 0 Å². The Morgan fingerprint density at radius 2 is 1.73 bits per heavy atom.